The van der Waals surface area contributed by atoms with Crippen LogP contribution in [0.5, 0.6) is 0 Å². The van der Waals surface area contributed by atoms with Crippen LogP contribution in [0.3, 0.4) is 0 Å². The van der Waals surface area contributed by atoms with Crippen LogP contribution in [0.4, 0.5) is 0 Å². The molecule has 1 aliphatic heterocycles. The van der Waals surface area contributed by atoms with Crippen molar-refractivity contribution in [3.63, 3.8) is 0 Å². The molecule has 3 heterocycles. The van der Waals surface area contributed by atoms with Gasteiger partial charge in [0.15, 0.2) is 0 Å². The van der Waals surface area contributed by atoms with E-state index in [1.54, 1.807) is 0 Å². The molecule has 0 bridgehead atoms. The van der Waals surface area contributed by atoms with Gasteiger partial charge in [0.05, 0.1) is 29.3 Å². The highest BCUT2D eigenvalue weighted by Crippen LogP contribution is 2.34. The number of aryl methyl sites for hydroxylation is 1. The van der Waals surface area contributed by atoms with Crippen LogP contribution in [-0.4, -0.2) is 39.0 Å². The summed E-state index contributed by atoms with van der Waals surface area (Å²) in [5, 5.41) is 7.18. The largest absolute Gasteiger partial charge is 0.341 e. The first-order valence-corrected chi connectivity index (χ1v) is 13.5. The summed E-state index contributed by atoms with van der Waals surface area (Å²) in [6.07, 6.45) is 7.97. The minimum absolute atomic E-state index is 0.295. The molecule has 1 unspecified atom stereocenters. The number of imidazole rings is 1. The number of hydrogen-bond donors (Lipinski definition) is 3. The summed E-state index contributed by atoms with van der Waals surface area (Å²) in [5.41, 5.74) is 7.42. The quantitative estimate of drug-likeness (QED) is 0.319. The topological polar surface area (TPSA) is 68.9 Å². The summed E-state index contributed by atoms with van der Waals surface area (Å²) in [6, 6.07) is 22.7. The van der Waals surface area contributed by atoms with Crippen LogP contribution in [0.1, 0.15) is 59.9 Å². The van der Waals surface area contributed by atoms with Crippen molar-refractivity contribution in [1.29, 1.82) is 0 Å². The normalized spacial score (nSPS) is 19.7. The predicted octanol–water partition coefficient (Wildman–Crippen LogP) is 4.88. The van der Waals surface area contributed by atoms with Gasteiger partial charge in [-0.2, -0.15) is 0 Å². The van der Waals surface area contributed by atoms with Gasteiger partial charge in [-0.05, 0) is 73.5 Å². The fraction of sp³-hybridized carbons (Fsp3) is 0.400. The van der Waals surface area contributed by atoms with Crippen molar-refractivity contribution in [2.24, 2.45) is 0 Å². The number of aromatic amines is 1. The van der Waals surface area contributed by atoms with Gasteiger partial charge in [0.1, 0.15) is 5.82 Å². The number of rotatable bonds is 9. The molecule has 1 aliphatic carbocycles. The van der Waals surface area contributed by atoms with Crippen molar-refractivity contribution in [2.75, 3.05) is 13.1 Å². The monoisotopic (exact) mass is 480 g/mol. The lowest BCUT2D eigenvalue weighted by Crippen LogP contribution is -2.33. The summed E-state index contributed by atoms with van der Waals surface area (Å²) >= 11 is 0. The van der Waals surface area contributed by atoms with Crippen molar-refractivity contribution >= 4 is 11.0 Å². The summed E-state index contributed by atoms with van der Waals surface area (Å²) < 4.78 is 0. The van der Waals surface area contributed by atoms with Crippen LogP contribution in [0.15, 0.2) is 66.9 Å². The minimum atomic E-state index is 0.295. The molecule has 2 aromatic heterocycles. The van der Waals surface area contributed by atoms with E-state index in [9.17, 15) is 0 Å². The van der Waals surface area contributed by atoms with Gasteiger partial charge >= 0.3 is 0 Å². The highest BCUT2D eigenvalue weighted by Gasteiger charge is 2.28. The Hall–Kier alpha value is -3.06. The maximum atomic E-state index is 4.89. The second kappa shape index (κ2) is 10.9. The first kappa shape index (κ1) is 23.3. The average Bonchev–Trinajstić information content (AvgIpc) is 3.58. The Morgan fingerprint density at radius 2 is 1.81 bits per heavy atom. The number of nitrogens with one attached hydrogen (secondary N) is 3. The highest BCUT2D eigenvalue weighted by molar-refractivity contribution is 5.74. The molecular formula is C30H36N6. The van der Waals surface area contributed by atoms with Crippen LogP contribution in [0, 0.1) is 0 Å². The summed E-state index contributed by atoms with van der Waals surface area (Å²) in [6.45, 7) is 4.76. The van der Waals surface area contributed by atoms with Crippen LogP contribution < -0.4 is 10.6 Å². The van der Waals surface area contributed by atoms with E-state index >= 15 is 0 Å². The summed E-state index contributed by atoms with van der Waals surface area (Å²) in [5.74, 6) is 1.01. The molecule has 2 atom stereocenters. The molecule has 6 nitrogen and oxygen atoms in total. The van der Waals surface area contributed by atoms with E-state index in [1.165, 1.54) is 41.6 Å². The second-order valence-corrected chi connectivity index (χ2v) is 10.3. The number of H-pyrrole nitrogens is 1. The number of aromatic nitrogens is 3. The van der Waals surface area contributed by atoms with Gasteiger partial charge in [-0.15, -0.1) is 0 Å². The Labute approximate surface area is 213 Å². The van der Waals surface area contributed by atoms with Crippen molar-refractivity contribution < 1.29 is 0 Å². The molecule has 4 aromatic rings. The Kier molecular flexibility index (Phi) is 7.07. The number of fused-ring (bicyclic) bond motifs is 2. The van der Waals surface area contributed by atoms with E-state index in [0.717, 1.165) is 62.4 Å². The zero-order chi connectivity index (χ0) is 24.2. The standard InChI is InChI=1S/C30H36N6/c1-2-10-27-26(9-1)34-29(35-27)21-36(28-11-3-6-24-7-4-17-33-30(24)28)20-23-14-12-22(13-15-23)18-31-19-25-8-5-16-32-25/h1-2,4,7,9-10,12-15,17,25,28,31-32H,3,5-6,8,11,16,18-21H2,(H,34,35)/t25-,28?/m0/s1. The van der Waals surface area contributed by atoms with Crippen LogP contribution >= 0.6 is 0 Å². The van der Waals surface area contributed by atoms with E-state index in [4.69, 9.17) is 9.97 Å². The first-order valence-electron chi connectivity index (χ1n) is 13.5. The molecule has 1 saturated heterocycles. The van der Waals surface area contributed by atoms with Gasteiger partial charge < -0.3 is 15.6 Å². The van der Waals surface area contributed by atoms with Crippen molar-refractivity contribution in [3.8, 4) is 0 Å². The first-order chi connectivity index (χ1) is 17.8. The lowest BCUT2D eigenvalue weighted by atomic mass is 9.90. The van der Waals surface area contributed by atoms with Crippen molar-refractivity contribution in [1.82, 2.24) is 30.5 Å². The third-order valence-corrected chi connectivity index (χ3v) is 7.69. The van der Waals surface area contributed by atoms with Gasteiger partial charge in [0.25, 0.3) is 0 Å². The van der Waals surface area contributed by atoms with Crippen LogP contribution in [0.2, 0.25) is 0 Å². The SMILES string of the molecule is c1cnc2c(c1)CCCC2N(Cc1ccc(CNC[C@@H]2CCCN2)cc1)Cc1nc2ccccc2[nH]1. The molecule has 36 heavy (non-hydrogen) atoms. The Balaban J connectivity index is 1.19. The van der Waals surface area contributed by atoms with Gasteiger partial charge in [0.2, 0.25) is 0 Å². The van der Waals surface area contributed by atoms with E-state index < -0.39 is 0 Å². The molecule has 6 rings (SSSR count). The lowest BCUT2D eigenvalue weighted by molar-refractivity contribution is 0.153. The van der Waals surface area contributed by atoms with Gasteiger partial charge in [-0.25, -0.2) is 4.98 Å². The molecule has 0 radical (unpaired) electrons. The van der Waals surface area contributed by atoms with E-state index in [-0.39, 0.29) is 0 Å². The fourth-order valence-electron chi connectivity index (χ4n) is 5.81. The van der Waals surface area contributed by atoms with Gasteiger partial charge in [-0.1, -0.05) is 42.5 Å². The molecule has 2 aliphatic rings. The van der Waals surface area contributed by atoms with Gasteiger partial charge in [-0.3, -0.25) is 9.88 Å². The number of para-hydroxylation sites is 2. The molecule has 0 spiro atoms. The Bertz CT molecular complexity index is 1240. The molecule has 3 N–H and O–H groups in total. The van der Waals surface area contributed by atoms with E-state index in [1.807, 2.05) is 12.3 Å². The number of benzene rings is 2. The third kappa shape index (κ3) is 5.36. The molecule has 186 valence electrons. The van der Waals surface area contributed by atoms with Crippen molar-refractivity contribution in [2.45, 2.75) is 63.8 Å². The third-order valence-electron chi connectivity index (χ3n) is 7.69. The van der Waals surface area contributed by atoms with E-state index in [0.29, 0.717) is 12.1 Å². The maximum absolute atomic E-state index is 4.89. The predicted molar refractivity (Wildman–Crippen MR) is 144 cm³/mol. The van der Waals surface area contributed by atoms with Gasteiger partial charge in [0, 0.05) is 31.9 Å². The summed E-state index contributed by atoms with van der Waals surface area (Å²) in [4.78, 5) is 15.8. The Morgan fingerprint density at radius 1 is 0.917 bits per heavy atom. The fourth-order valence-corrected chi connectivity index (χ4v) is 5.81. The zero-order valence-corrected chi connectivity index (χ0v) is 20.9. The molecular weight excluding hydrogens is 444 g/mol. The van der Waals surface area contributed by atoms with Crippen LogP contribution in [0.25, 0.3) is 11.0 Å². The lowest BCUT2D eigenvalue weighted by Gasteiger charge is -2.34. The molecule has 0 saturated carbocycles. The molecule has 6 heteroatoms. The number of pyridine rings is 1. The smallest absolute Gasteiger partial charge is 0.121 e. The molecule has 1 fully saturated rings. The second-order valence-electron chi connectivity index (χ2n) is 10.3. The molecule has 2 aromatic carbocycles. The average molecular weight is 481 g/mol. The zero-order valence-electron chi connectivity index (χ0n) is 20.9. The number of nitrogens with zero attached hydrogens (tertiary/aromatic N) is 3. The molecule has 0 amide bonds. The minimum Gasteiger partial charge on any atom is -0.341 e. The van der Waals surface area contributed by atoms with Crippen molar-refractivity contribution in [3.05, 3.63) is 95.1 Å². The maximum Gasteiger partial charge on any atom is 0.121 e. The van der Waals surface area contributed by atoms with Crippen LogP contribution in [-0.2, 0) is 26.1 Å². The number of hydrogen-bond acceptors (Lipinski definition) is 5. The van der Waals surface area contributed by atoms with E-state index in [2.05, 4.69) is 75.1 Å². The Morgan fingerprint density at radius 3 is 2.67 bits per heavy atom. The highest BCUT2D eigenvalue weighted by atomic mass is 15.2. The summed E-state index contributed by atoms with van der Waals surface area (Å²) in [7, 11) is 0.